The molecule has 1 aromatic rings. The van der Waals surface area contributed by atoms with Crippen molar-refractivity contribution in [3.63, 3.8) is 0 Å². The van der Waals surface area contributed by atoms with E-state index >= 15 is 0 Å². The topological polar surface area (TPSA) is 60.2 Å². The summed E-state index contributed by atoms with van der Waals surface area (Å²) in [6.45, 7) is 0. The molecule has 0 N–H and O–H groups in total. The first-order valence-electron chi connectivity index (χ1n) is 4.41. The van der Waals surface area contributed by atoms with Crippen LogP contribution < -0.4 is 0 Å². The van der Waals surface area contributed by atoms with E-state index in [1.165, 1.54) is 0 Å². The molecule has 10 heteroatoms. The Hall–Kier alpha value is -2.13. The van der Waals surface area contributed by atoms with E-state index in [9.17, 15) is 41.3 Å². The van der Waals surface area contributed by atoms with Gasteiger partial charge in [-0.2, -0.15) is 26.3 Å². The fourth-order valence-electron chi connectivity index (χ4n) is 1.21. The molecule has 0 aliphatic rings. The van der Waals surface area contributed by atoms with Crippen molar-refractivity contribution in [1.82, 2.24) is 0 Å². The molecule has 0 saturated carbocycles. The second-order valence-electron chi connectivity index (χ2n) is 3.31. The van der Waals surface area contributed by atoms with Crippen molar-refractivity contribution < 1.29 is 36.1 Å². The van der Waals surface area contributed by atoms with Crippen molar-refractivity contribution in [3.8, 4) is 0 Å². The maximum atomic E-state index is 12.3. The van der Waals surface area contributed by atoms with Crippen LogP contribution >= 0.6 is 0 Å². The first-order valence-corrected chi connectivity index (χ1v) is 4.41. The van der Waals surface area contributed by atoms with Crippen LogP contribution in [-0.4, -0.2) is 16.9 Å². The number of alkyl halides is 6. The van der Waals surface area contributed by atoms with E-state index in [1.807, 2.05) is 0 Å². The summed E-state index contributed by atoms with van der Waals surface area (Å²) in [4.78, 5) is 19.9. The number of carbonyl (C=O) groups excluding carboxylic acids is 1. The first-order chi connectivity index (χ1) is 8.44. The highest BCUT2D eigenvalue weighted by Gasteiger charge is 2.44. The molecule has 0 spiro atoms. The van der Waals surface area contributed by atoms with Crippen molar-refractivity contribution in [2.24, 2.45) is 0 Å². The molecule has 0 amide bonds. The number of nitro benzene ring substituents is 1. The molecule has 104 valence electrons. The van der Waals surface area contributed by atoms with Gasteiger partial charge in [0, 0.05) is 6.07 Å². The number of nitrogens with zero attached hydrogens (tertiary/aromatic N) is 1. The summed E-state index contributed by atoms with van der Waals surface area (Å²) >= 11 is 0. The summed E-state index contributed by atoms with van der Waals surface area (Å²) in [5, 5.41) is 10.4. The first kappa shape index (κ1) is 14.9. The Kier molecular flexibility index (Phi) is 3.55. The number of carbonyl (C=O) groups is 1. The van der Waals surface area contributed by atoms with Gasteiger partial charge in [0.1, 0.15) is 5.56 Å². The number of hydrogen-bond donors (Lipinski definition) is 0. The molecule has 0 heterocycles. The summed E-state index contributed by atoms with van der Waals surface area (Å²) in [5.41, 5.74) is -4.56. The molecule has 0 saturated heterocycles. The Morgan fingerprint density at radius 3 is 2.00 bits per heavy atom. The Bertz CT molecular complexity index is 534. The number of nitro groups is 1. The summed E-state index contributed by atoms with van der Waals surface area (Å²) in [6, 6.07) is 0.251. The van der Waals surface area contributed by atoms with Gasteiger partial charge >= 0.3 is 12.4 Å². The molecule has 0 atom stereocenters. The lowest BCUT2D eigenvalue weighted by Gasteiger charge is -2.10. The molecular formula is C9H3F6NO3. The van der Waals surface area contributed by atoms with Gasteiger partial charge in [0.25, 0.3) is 11.5 Å². The van der Waals surface area contributed by atoms with Gasteiger partial charge in [0.2, 0.25) is 0 Å². The maximum absolute atomic E-state index is 12.3. The summed E-state index contributed by atoms with van der Waals surface area (Å²) in [5.74, 6) is -2.70. The van der Waals surface area contributed by atoms with Crippen molar-refractivity contribution in [3.05, 3.63) is 39.4 Å². The van der Waals surface area contributed by atoms with Gasteiger partial charge in [-0.15, -0.1) is 0 Å². The van der Waals surface area contributed by atoms with Crippen LogP contribution in [0.2, 0.25) is 0 Å². The second kappa shape index (κ2) is 4.52. The van der Waals surface area contributed by atoms with Crippen molar-refractivity contribution in [2.75, 3.05) is 0 Å². The largest absolute Gasteiger partial charge is 0.455 e. The standard InChI is InChI=1S/C9H3F6NO3/c10-8(11,12)4-1-2-6(16(18)19)5(3-4)7(17)9(13,14)15/h1-3H. The molecule has 1 rings (SSSR count). The van der Waals surface area contributed by atoms with Crippen LogP contribution in [-0.2, 0) is 6.18 Å². The molecule has 0 unspecified atom stereocenters. The van der Waals surface area contributed by atoms with E-state index in [0.29, 0.717) is 0 Å². The summed E-state index contributed by atoms with van der Waals surface area (Å²) < 4.78 is 73.4. The van der Waals surface area contributed by atoms with Crippen LogP contribution in [0.5, 0.6) is 0 Å². The molecular weight excluding hydrogens is 284 g/mol. The molecule has 19 heavy (non-hydrogen) atoms. The average molecular weight is 287 g/mol. The highest BCUT2D eigenvalue weighted by atomic mass is 19.4. The highest BCUT2D eigenvalue weighted by Crippen LogP contribution is 2.34. The van der Waals surface area contributed by atoms with Crippen molar-refractivity contribution in [2.45, 2.75) is 12.4 Å². The smallest absolute Gasteiger partial charge is 0.284 e. The quantitative estimate of drug-likeness (QED) is 0.362. The Balaban J connectivity index is 3.49. The van der Waals surface area contributed by atoms with Gasteiger partial charge in [0.05, 0.1) is 10.5 Å². The van der Waals surface area contributed by atoms with E-state index in [-0.39, 0.29) is 18.2 Å². The van der Waals surface area contributed by atoms with Gasteiger partial charge in [-0.3, -0.25) is 14.9 Å². The molecule has 0 aromatic heterocycles. The zero-order valence-electron chi connectivity index (χ0n) is 8.67. The fourth-order valence-corrected chi connectivity index (χ4v) is 1.21. The Morgan fingerprint density at radius 1 is 1.11 bits per heavy atom. The minimum absolute atomic E-state index is 0.187. The Morgan fingerprint density at radius 2 is 1.63 bits per heavy atom. The van der Waals surface area contributed by atoms with E-state index < -0.39 is 39.9 Å². The number of ketones is 1. The molecule has 0 radical (unpaired) electrons. The zero-order chi connectivity index (χ0) is 15.0. The Labute approximate surface area is 100 Å². The lowest BCUT2D eigenvalue weighted by molar-refractivity contribution is -0.385. The molecule has 0 aliphatic carbocycles. The van der Waals surface area contributed by atoms with Crippen molar-refractivity contribution in [1.29, 1.82) is 0 Å². The second-order valence-corrected chi connectivity index (χ2v) is 3.31. The van der Waals surface area contributed by atoms with Crippen LogP contribution in [0.1, 0.15) is 15.9 Å². The monoisotopic (exact) mass is 287 g/mol. The average Bonchev–Trinajstić information content (AvgIpc) is 2.24. The molecule has 4 nitrogen and oxygen atoms in total. The number of rotatable bonds is 2. The number of hydrogen-bond acceptors (Lipinski definition) is 3. The fraction of sp³-hybridized carbons (Fsp3) is 0.222. The van der Waals surface area contributed by atoms with Gasteiger partial charge in [0.15, 0.2) is 0 Å². The molecule has 1 aromatic carbocycles. The van der Waals surface area contributed by atoms with Crippen LogP contribution in [0.3, 0.4) is 0 Å². The number of Topliss-reactive ketones (excluding diaryl/α,β-unsaturated/α-hetero) is 1. The lowest BCUT2D eigenvalue weighted by Crippen LogP contribution is -2.24. The summed E-state index contributed by atoms with van der Waals surface area (Å²) in [6.07, 6.45) is -10.5. The zero-order valence-corrected chi connectivity index (χ0v) is 8.67. The van der Waals surface area contributed by atoms with Gasteiger partial charge in [-0.1, -0.05) is 0 Å². The van der Waals surface area contributed by atoms with Gasteiger partial charge in [-0.05, 0) is 12.1 Å². The third-order valence-corrected chi connectivity index (χ3v) is 2.02. The van der Waals surface area contributed by atoms with E-state index in [1.54, 1.807) is 0 Å². The summed E-state index contributed by atoms with van der Waals surface area (Å²) in [7, 11) is 0. The van der Waals surface area contributed by atoms with Gasteiger partial charge in [-0.25, -0.2) is 0 Å². The molecule has 0 fully saturated rings. The molecule has 0 aliphatic heterocycles. The van der Waals surface area contributed by atoms with E-state index in [0.717, 1.165) is 0 Å². The van der Waals surface area contributed by atoms with Crippen LogP contribution in [0.4, 0.5) is 32.0 Å². The highest BCUT2D eigenvalue weighted by molar-refractivity contribution is 6.03. The van der Waals surface area contributed by atoms with E-state index in [4.69, 9.17) is 0 Å². The van der Waals surface area contributed by atoms with Crippen molar-refractivity contribution >= 4 is 11.5 Å². The predicted molar refractivity (Wildman–Crippen MR) is 48.5 cm³/mol. The molecule has 0 bridgehead atoms. The number of benzene rings is 1. The van der Waals surface area contributed by atoms with Crippen LogP contribution in [0.25, 0.3) is 0 Å². The van der Waals surface area contributed by atoms with E-state index in [2.05, 4.69) is 0 Å². The minimum atomic E-state index is -5.50. The normalized spacial score (nSPS) is 12.3. The third-order valence-electron chi connectivity index (χ3n) is 2.02. The third kappa shape index (κ3) is 3.20. The van der Waals surface area contributed by atoms with Crippen LogP contribution in [0.15, 0.2) is 18.2 Å². The van der Waals surface area contributed by atoms with Crippen LogP contribution in [0, 0.1) is 10.1 Å². The minimum Gasteiger partial charge on any atom is -0.284 e. The lowest BCUT2D eigenvalue weighted by atomic mass is 10.0. The predicted octanol–water partition coefficient (Wildman–Crippen LogP) is 3.36. The maximum Gasteiger partial charge on any atom is 0.455 e. The SMILES string of the molecule is O=C(c1cc(C(F)(F)F)ccc1[N+](=O)[O-])C(F)(F)F. The number of halogens is 6. The van der Waals surface area contributed by atoms with Gasteiger partial charge < -0.3 is 0 Å².